The molecule has 2 aromatic rings. The van der Waals surface area contributed by atoms with E-state index in [0.29, 0.717) is 24.4 Å². The fourth-order valence-electron chi connectivity index (χ4n) is 1.78. The van der Waals surface area contributed by atoms with Crippen molar-refractivity contribution in [1.82, 2.24) is 5.32 Å². The van der Waals surface area contributed by atoms with Gasteiger partial charge >= 0.3 is 0 Å². The molecule has 0 aliphatic carbocycles. The van der Waals surface area contributed by atoms with E-state index in [1.165, 1.54) is 6.07 Å². The van der Waals surface area contributed by atoms with E-state index in [2.05, 4.69) is 5.32 Å². The predicted octanol–water partition coefficient (Wildman–Crippen LogP) is 3.28. The van der Waals surface area contributed by atoms with Gasteiger partial charge in [0.25, 0.3) is 0 Å². The Morgan fingerprint density at radius 1 is 1.37 bits per heavy atom. The Labute approximate surface area is 112 Å². The highest BCUT2D eigenvalue weighted by atomic mass is 19.1. The minimum atomic E-state index is -0.212. The fraction of sp³-hybridized carbons (Fsp3) is 0.333. The van der Waals surface area contributed by atoms with Crippen molar-refractivity contribution < 1.29 is 13.5 Å². The summed E-state index contributed by atoms with van der Waals surface area (Å²) in [5, 5.41) is 3.24. The first kappa shape index (κ1) is 13.6. The van der Waals surface area contributed by atoms with Crippen LogP contribution >= 0.6 is 0 Å². The third kappa shape index (κ3) is 4.10. The van der Waals surface area contributed by atoms with Gasteiger partial charge < -0.3 is 14.5 Å². The summed E-state index contributed by atoms with van der Waals surface area (Å²) in [5.74, 6) is 1.37. The summed E-state index contributed by atoms with van der Waals surface area (Å²) in [4.78, 5) is 0. The average molecular weight is 263 g/mol. The first-order valence-corrected chi connectivity index (χ1v) is 6.31. The summed E-state index contributed by atoms with van der Waals surface area (Å²) in [6, 6.07) is 8.55. The van der Waals surface area contributed by atoms with Gasteiger partial charge in [-0.15, -0.1) is 0 Å². The average Bonchev–Trinajstić information content (AvgIpc) is 2.87. The molecule has 19 heavy (non-hydrogen) atoms. The van der Waals surface area contributed by atoms with Crippen molar-refractivity contribution in [3.63, 3.8) is 0 Å². The number of hydrogen-bond donors (Lipinski definition) is 1. The van der Waals surface area contributed by atoms with E-state index >= 15 is 0 Å². The monoisotopic (exact) mass is 263 g/mol. The van der Waals surface area contributed by atoms with Crippen LogP contribution in [-0.4, -0.2) is 12.6 Å². The van der Waals surface area contributed by atoms with Crippen molar-refractivity contribution in [3.05, 3.63) is 53.7 Å². The summed E-state index contributed by atoms with van der Waals surface area (Å²) in [6.45, 7) is 5.05. The molecule has 102 valence electrons. The molecule has 0 bridgehead atoms. The second-order valence-electron chi connectivity index (χ2n) is 4.55. The highest BCUT2D eigenvalue weighted by Crippen LogP contribution is 2.17. The van der Waals surface area contributed by atoms with Crippen LogP contribution < -0.4 is 10.1 Å². The highest BCUT2D eigenvalue weighted by Gasteiger charge is 2.06. The molecule has 0 aliphatic rings. The maximum Gasteiger partial charge on any atom is 0.126 e. The minimum absolute atomic E-state index is 0.000163. The SMILES string of the molecule is Cc1cc(OC(C)CNCc2ccco2)ccc1F. The van der Waals surface area contributed by atoms with Crippen LogP contribution in [0.4, 0.5) is 4.39 Å². The standard InChI is InChI=1S/C15H18FNO2/c1-11-8-13(5-6-15(11)16)19-12(2)9-17-10-14-4-3-7-18-14/h3-8,12,17H,9-10H2,1-2H3. The molecule has 1 heterocycles. The molecule has 1 atom stereocenters. The smallest absolute Gasteiger partial charge is 0.126 e. The number of nitrogens with one attached hydrogen (secondary N) is 1. The van der Waals surface area contributed by atoms with Crippen molar-refractivity contribution in [1.29, 1.82) is 0 Å². The Hall–Kier alpha value is -1.81. The Morgan fingerprint density at radius 2 is 2.21 bits per heavy atom. The summed E-state index contributed by atoms with van der Waals surface area (Å²) in [5.41, 5.74) is 0.591. The molecule has 2 rings (SSSR count). The molecule has 0 radical (unpaired) electrons. The van der Waals surface area contributed by atoms with E-state index in [9.17, 15) is 4.39 Å². The lowest BCUT2D eigenvalue weighted by molar-refractivity contribution is 0.215. The number of halogens is 1. The van der Waals surface area contributed by atoms with Gasteiger partial charge in [-0.05, 0) is 49.7 Å². The second-order valence-corrected chi connectivity index (χ2v) is 4.55. The van der Waals surface area contributed by atoms with Crippen molar-refractivity contribution in [2.45, 2.75) is 26.5 Å². The molecule has 1 N–H and O–H groups in total. The molecule has 0 aliphatic heterocycles. The number of aryl methyl sites for hydroxylation is 1. The molecule has 1 aromatic carbocycles. The van der Waals surface area contributed by atoms with Gasteiger partial charge in [0.15, 0.2) is 0 Å². The molecular weight excluding hydrogens is 245 g/mol. The zero-order valence-corrected chi connectivity index (χ0v) is 11.2. The lowest BCUT2D eigenvalue weighted by Gasteiger charge is -2.15. The second kappa shape index (κ2) is 6.38. The van der Waals surface area contributed by atoms with Crippen LogP contribution in [0, 0.1) is 12.7 Å². The van der Waals surface area contributed by atoms with Crippen molar-refractivity contribution >= 4 is 0 Å². The van der Waals surface area contributed by atoms with Crippen LogP contribution in [0.15, 0.2) is 41.0 Å². The molecule has 0 saturated heterocycles. The first-order valence-electron chi connectivity index (χ1n) is 6.31. The van der Waals surface area contributed by atoms with Gasteiger partial charge in [0.05, 0.1) is 12.8 Å². The molecule has 1 unspecified atom stereocenters. The van der Waals surface area contributed by atoms with Crippen LogP contribution in [0.2, 0.25) is 0 Å². The largest absolute Gasteiger partial charge is 0.489 e. The van der Waals surface area contributed by atoms with E-state index in [-0.39, 0.29) is 11.9 Å². The quantitative estimate of drug-likeness (QED) is 0.868. The zero-order chi connectivity index (χ0) is 13.7. The number of hydrogen-bond acceptors (Lipinski definition) is 3. The molecular formula is C15H18FNO2. The molecule has 0 spiro atoms. The van der Waals surface area contributed by atoms with Gasteiger partial charge in [-0.1, -0.05) is 0 Å². The van der Waals surface area contributed by atoms with Crippen molar-refractivity contribution in [2.75, 3.05) is 6.54 Å². The molecule has 4 heteroatoms. The van der Waals surface area contributed by atoms with Crippen LogP contribution in [0.25, 0.3) is 0 Å². The van der Waals surface area contributed by atoms with Crippen molar-refractivity contribution in [3.8, 4) is 5.75 Å². The van der Waals surface area contributed by atoms with E-state index in [1.807, 2.05) is 19.1 Å². The van der Waals surface area contributed by atoms with Gasteiger partial charge in [0.2, 0.25) is 0 Å². The van der Waals surface area contributed by atoms with Gasteiger partial charge in [0.1, 0.15) is 23.4 Å². The van der Waals surface area contributed by atoms with Gasteiger partial charge in [-0.2, -0.15) is 0 Å². The Bertz CT molecular complexity index is 511. The maximum absolute atomic E-state index is 13.1. The maximum atomic E-state index is 13.1. The van der Waals surface area contributed by atoms with Crippen LogP contribution in [-0.2, 0) is 6.54 Å². The third-order valence-corrected chi connectivity index (χ3v) is 2.78. The van der Waals surface area contributed by atoms with Crippen molar-refractivity contribution in [2.24, 2.45) is 0 Å². The van der Waals surface area contributed by atoms with Gasteiger partial charge in [-0.3, -0.25) is 0 Å². The van der Waals surface area contributed by atoms with Crippen LogP contribution in [0.3, 0.4) is 0 Å². The molecule has 1 aromatic heterocycles. The minimum Gasteiger partial charge on any atom is -0.489 e. The number of benzene rings is 1. The van der Waals surface area contributed by atoms with Gasteiger partial charge in [-0.25, -0.2) is 4.39 Å². The number of rotatable bonds is 6. The highest BCUT2D eigenvalue weighted by molar-refractivity contribution is 5.28. The fourth-order valence-corrected chi connectivity index (χ4v) is 1.78. The Kier molecular flexibility index (Phi) is 4.58. The Morgan fingerprint density at radius 3 is 2.89 bits per heavy atom. The third-order valence-electron chi connectivity index (χ3n) is 2.78. The summed E-state index contributed by atoms with van der Waals surface area (Å²) in [6.07, 6.45) is 1.65. The van der Waals surface area contributed by atoms with E-state index in [0.717, 1.165) is 5.76 Å². The number of ether oxygens (including phenoxy) is 1. The molecule has 0 fully saturated rings. The van der Waals surface area contributed by atoms with E-state index < -0.39 is 0 Å². The summed E-state index contributed by atoms with van der Waals surface area (Å²) < 4.78 is 24.0. The van der Waals surface area contributed by atoms with Crippen LogP contribution in [0.5, 0.6) is 5.75 Å². The summed E-state index contributed by atoms with van der Waals surface area (Å²) >= 11 is 0. The molecule has 0 amide bonds. The Balaban J connectivity index is 1.77. The zero-order valence-electron chi connectivity index (χ0n) is 11.2. The molecule has 0 saturated carbocycles. The van der Waals surface area contributed by atoms with Crippen LogP contribution in [0.1, 0.15) is 18.2 Å². The van der Waals surface area contributed by atoms with Gasteiger partial charge in [0, 0.05) is 6.54 Å². The normalized spacial score (nSPS) is 12.4. The molecule has 3 nitrogen and oxygen atoms in total. The lowest BCUT2D eigenvalue weighted by atomic mass is 10.2. The van der Waals surface area contributed by atoms with E-state index in [1.54, 1.807) is 25.3 Å². The topological polar surface area (TPSA) is 34.4 Å². The summed E-state index contributed by atoms with van der Waals surface area (Å²) in [7, 11) is 0. The lowest BCUT2D eigenvalue weighted by Crippen LogP contribution is -2.28. The number of furan rings is 1. The van der Waals surface area contributed by atoms with E-state index in [4.69, 9.17) is 9.15 Å². The first-order chi connectivity index (χ1) is 9.15. The predicted molar refractivity (Wildman–Crippen MR) is 71.6 cm³/mol.